The molecule has 0 unspecified atom stereocenters. The Labute approximate surface area is 151 Å². The maximum atomic E-state index is 6.18. The highest BCUT2D eigenvalue weighted by Gasteiger charge is 2.12. The minimum absolute atomic E-state index is 0.775. The molecule has 0 radical (unpaired) electrons. The van der Waals surface area contributed by atoms with E-state index in [0.717, 1.165) is 49.9 Å². The second kappa shape index (κ2) is 5.78. The predicted molar refractivity (Wildman–Crippen MR) is 109 cm³/mol. The molecule has 1 heterocycles. The van der Waals surface area contributed by atoms with Crippen LogP contribution >= 0.6 is 0 Å². The van der Waals surface area contributed by atoms with Crippen LogP contribution in [0.25, 0.3) is 44.2 Å². The van der Waals surface area contributed by atoms with E-state index in [1.807, 2.05) is 30.3 Å². The number of furan rings is 1. The number of hydrogen-bond acceptors (Lipinski definition) is 2. The molecule has 0 amide bonds. The molecule has 0 fully saturated rings. The van der Waals surface area contributed by atoms with Crippen LogP contribution < -0.4 is 5.73 Å². The van der Waals surface area contributed by atoms with Crippen LogP contribution in [0.2, 0.25) is 0 Å². The Hall–Kier alpha value is -3.52. The lowest BCUT2D eigenvalue weighted by atomic mass is 9.97. The molecule has 124 valence electrons. The molecule has 0 saturated heterocycles. The zero-order valence-corrected chi connectivity index (χ0v) is 14.1. The number of benzene rings is 4. The highest BCUT2D eigenvalue weighted by atomic mass is 16.3. The van der Waals surface area contributed by atoms with Crippen molar-refractivity contribution in [2.75, 3.05) is 5.73 Å². The van der Waals surface area contributed by atoms with Crippen molar-refractivity contribution in [3.8, 4) is 22.3 Å². The van der Waals surface area contributed by atoms with E-state index in [1.54, 1.807) is 0 Å². The van der Waals surface area contributed by atoms with E-state index in [2.05, 4.69) is 60.7 Å². The first-order valence-electron chi connectivity index (χ1n) is 8.66. The van der Waals surface area contributed by atoms with E-state index in [0.29, 0.717) is 0 Å². The third-order valence-corrected chi connectivity index (χ3v) is 4.82. The van der Waals surface area contributed by atoms with E-state index < -0.39 is 0 Å². The molecule has 5 rings (SSSR count). The van der Waals surface area contributed by atoms with Gasteiger partial charge in [-0.25, -0.2) is 0 Å². The van der Waals surface area contributed by atoms with Crippen molar-refractivity contribution in [1.29, 1.82) is 0 Å². The average molecular weight is 335 g/mol. The van der Waals surface area contributed by atoms with Crippen molar-refractivity contribution in [2.45, 2.75) is 0 Å². The van der Waals surface area contributed by atoms with Gasteiger partial charge in [-0.3, -0.25) is 0 Å². The fourth-order valence-electron chi connectivity index (χ4n) is 3.52. The van der Waals surface area contributed by atoms with Crippen LogP contribution in [-0.4, -0.2) is 0 Å². The summed E-state index contributed by atoms with van der Waals surface area (Å²) in [6, 6.07) is 31.0. The Morgan fingerprint density at radius 3 is 2.19 bits per heavy atom. The van der Waals surface area contributed by atoms with Gasteiger partial charge in [-0.1, -0.05) is 66.7 Å². The third-order valence-electron chi connectivity index (χ3n) is 4.82. The second-order valence-corrected chi connectivity index (χ2v) is 6.48. The third kappa shape index (κ3) is 2.35. The van der Waals surface area contributed by atoms with Gasteiger partial charge in [0, 0.05) is 22.0 Å². The van der Waals surface area contributed by atoms with Crippen molar-refractivity contribution in [3.63, 3.8) is 0 Å². The first-order valence-corrected chi connectivity index (χ1v) is 8.66. The van der Waals surface area contributed by atoms with E-state index in [1.165, 1.54) is 0 Å². The van der Waals surface area contributed by atoms with Crippen molar-refractivity contribution in [2.24, 2.45) is 0 Å². The summed E-state index contributed by atoms with van der Waals surface area (Å²) in [6.45, 7) is 0. The summed E-state index contributed by atoms with van der Waals surface area (Å²) in [5.41, 5.74) is 13.0. The number of nitrogens with two attached hydrogens (primary N) is 1. The number of rotatable bonds is 2. The van der Waals surface area contributed by atoms with Gasteiger partial charge in [0.2, 0.25) is 0 Å². The van der Waals surface area contributed by atoms with Gasteiger partial charge in [-0.15, -0.1) is 0 Å². The molecule has 0 aliphatic rings. The van der Waals surface area contributed by atoms with Crippen molar-refractivity contribution in [1.82, 2.24) is 0 Å². The van der Waals surface area contributed by atoms with Gasteiger partial charge in [0.05, 0.1) is 0 Å². The quantitative estimate of drug-likeness (QED) is 0.374. The first-order chi connectivity index (χ1) is 12.8. The lowest BCUT2D eigenvalue weighted by molar-refractivity contribution is 0.670. The van der Waals surface area contributed by atoms with Gasteiger partial charge >= 0.3 is 0 Å². The van der Waals surface area contributed by atoms with Crippen LogP contribution in [0.3, 0.4) is 0 Å². The molecular formula is C24H17NO. The fraction of sp³-hybridized carbons (Fsp3) is 0. The average Bonchev–Trinajstić information content (AvgIpc) is 3.07. The van der Waals surface area contributed by atoms with Crippen LogP contribution in [0.15, 0.2) is 95.4 Å². The number of fused-ring (bicyclic) bond motifs is 3. The topological polar surface area (TPSA) is 39.2 Å². The summed E-state index contributed by atoms with van der Waals surface area (Å²) in [5, 5.41) is 2.30. The monoisotopic (exact) mass is 335 g/mol. The number of nitrogen functional groups attached to an aromatic ring is 1. The molecule has 2 heteroatoms. The van der Waals surface area contributed by atoms with Crippen LogP contribution in [0.5, 0.6) is 0 Å². The molecule has 0 aliphatic heterocycles. The van der Waals surface area contributed by atoms with Gasteiger partial charge in [0.15, 0.2) is 0 Å². The summed E-state index contributed by atoms with van der Waals surface area (Å²) < 4.78 is 6.18. The lowest BCUT2D eigenvalue weighted by Gasteiger charge is -2.07. The van der Waals surface area contributed by atoms with E-state index in [9.17, 15) is 0 Å². The highest BCUT2D eigenvalue weighted by molar-refractivity contribution is 6.09. The Kier molecular flexibility index (Phi) is 3.29. The van der Waals surface area contributed by atoms with Gasteiger partial charge in [0.1, 0.15) is 11.2 Å². The molecule has 26 heavy (non-hydrogen) atoms. The molecule has 4 aromatic carbocycles. The van der Waals surface area contributed by atoms with E-state index >= 15 is 0 Å². The molecular weight excluding hydrogens is 318 g/mol. The second-order valence-electron chi connectivity index (χ2n) is 6.48. The standard InChI is InChI=1S/C24H17NO/c25-19-13-11-16(12-14-19)17-5-3-6-18(15-17)20-8-4-9-22-21-7-1-2-10-23(21)26-24(20)22/h1-15H,25H2. The minimum atomic E-state index is 0.775. The van der Waals surface area contributed by atoms with E-state index in [4.69, 9.17) is 10.2 Å². The molecule has 2 N–H and O–H groups in total. The largest absolute Gasteiger partial charge is 0.455 e. The molecule has 5 aromatic rings. The number of para-hydroxylation sites is 2. The maximum absolute atomic E-state index is 6.18. The number of hydrogen-bond donors (Lipinski definition) is 1. The predicted octanol–water partition coefficient (Wildman–Crippen LogP) is 6.50. The molecule has 0 bridgehead atoms. The van der Waals surface area contributed by atoms with E-state index in [-0.39, 0.29) is 0 Å². The zero-order chi connectivity index (χ0) is 17.5. The summed E-state index contributed by atoms with van der Waals surface area (Å²) in [7, 11) is 0. The SMILES string of the molecule is Nc1ccc(-c2cccc(-c3cccc4c3oc3ccccc34)c2)cc1. The molecule has 0 saturated carbocycles. The molecule has 0 atom stereocenters. The Morgan fingerprint density at radius 2 is 1.31 bits per heavy atom. The summed E-state index contributed by atoms with van der Waals surface area (Å²) >= 11 is 0. The summed E-state index contributed by atoms with van der Waals surface area (Å²) in [5.74, 6) is 0. The fourth-order valence-corrected chi connectivity index (χ4v) is 3.52. The Balaban J connectivity index is 1.71. The van der Waals surface area contributed by atoms with Crippen molar-refractivity contribution in [3.05, 3.63) is 91.0 Å². The Bertz CT molecular complexity index is 1230. The maximum Gasteiger partial charge on any atom is 0.143 e. The van der Waals surface area contributed by atoms with Crippen LogP contribution in [-0.2, 0) is 0 Å². The lowest BCUT2D eigenvalue weighted by Crippen LogP contribution is -1.85. The molecule has 0 spiro atoms. The van der Waals surface area contributed by atoms with Crippen LogP contribution in [0.1, 0.15) is 0 Å². The van der Waals surface area contributed by atoms with Gasteiger partial charge in [0.25, 0.3) is 0 Å². The smallest absolute Gasteiger partial charge is 0.143 e. The minimum Gasteiger partial charge on any atom is -0.455 e. The van der Waals surface area contributed by atoms with Gasteiger partial charge < -0.3 is 10.2 Å². The summed E-state index contributed by atoms with van der Waals surface area (Å²) in [4.78, 5) is 0. The van der Waals surface area contributed by atoms with Crippen molar-refractivity contribution >= 4 is 27.6 Å². The van der Waals surface area contributed by atoms with Crippen LogP contribution in [0.4, 0.5) is 5.69 Å². The van der Waals surface area contributed by atoms with Crippen molar-refractivity contribution < 1.29 is 4.42 Å². The highest BCUT2D eigenvalue weighted by Crippen LogP contribution is 2.36. The Morgan fingerprint density at radius 1 is 0.577 bits per heavy atom. The molecule has 2 nitrogen and oxygen atoms in total. The number of anilines is 1. The van der Waals surface area contributed by atoms with Crippen LogP contribution in [0, 0.1) is 0 Å². The van der Waals surface area contributed by atoms with Gasteiger partial charge in [-0.2, -0.15) is 0 Å². The first kappa shape index (κ1) is 14.8. The molecule has 1 aromatic heterocycles. The van der Waals surface area contributed by atoms with Gasteiger partial charge in [-0.05, 0) is 41.0 Å². The normalized spacial score (nSPS) is 11.2. The zero-order valence-electron chi connectivity index (χ0n) is 14.1. The summed E-state index contributed by atoms with van der Waals surface area (Å²) in [6.07, 6.45) is 0. The molecule has 0 aliphatic carbocycles.